The van der Waals surface area contributed by atoms with E-state index < -0.39 is 47.3 Å². The van der Waals surface area contributed by atoms with Gasteiger partial charge in [-0.05, 0) is 73.6 Å². The lowest BCUT2D eigenvalue weighted by atomic mass is 10.1. The van der Waals surface area contributed by atoms with E-state index in [2.05, 4.69) is 75.8 Å². The standard InChI is InChI=1S/C27H36F6N4O2.BF4/c1-12(2)36(13(3)4)22-21(23(22)37(14(5)6)15(7)8)35-20-19(24(38)25(20)39)34-18-10-16(26(28,29)30)9-17(11-18)27(31,32)33;2-1(3,4)5/h9-15,21-23,34-35H,1-8H3;/q;-1/p+1. The SMILES string of the molecule is CC(C)N(C(C)C)C1C(Nc2c(Nc3cc(C(F)(F)F)cc(C(F)(F)F)c3)c(=O)c2=O)C1N(C(C)C)C(C)C.F[B-](F)(F)F.[H+]. The minimum atomic E-state index is -6.00. The summed E-state index contributed by atoms with van der Waals surface area (Å²) in [5, 5.41) is 5.50. The Hall–Kier alpha value is -2.82. The highest BCUT2D eigenvalue weighted by atomic mass is 19.5. The maximum Gasteiger partial charge on any atom is 1.00 e. The van der Waals surface area contributed by atoms with E-state index in [1.165, 1.54) is 0 Å². The summed E-state index contributed by atoms with van der Waals surface area (Å²) >= 11 is 0. The molecule has 1 aliphatic carbocycles. The third-order valence-corrected chi connectivity index (χ3v) is 7.10. The Bertz CT molecular complexity index is 1280. The third-order valence-electron chi connectivity index (χ3n) is 7.10. The second-order valence-corrected chi connectivity index (χ2v) is 11.7. The van der Waals surface area contributed by atoms with Crippen molar-refractivity contribution in [2.24, 2.45) is 0 Å². The van der Waals surface area contributed by atoms with Crippen molar-refractivity contribution in [2.45, 2.75) is 110 Å². The van der Waals surface area contributed by atoms with Crippen molar-refractivity contribution in [2.75, 3.05) is 10.6 Å². The zero-order valence-electron chi connectivity index (χ0n) is 26.3. The van der Waals surface area contributed by atoms with Gasteiger partial charge in [-0.2, -0.15) is 26.3 Å². The van der Waals surface area contributed by atoms with E-state index in [-0.39, 0.29) is 61.2 Å². The number of nitrogens with zero attached hydrogens (tertiary/aromatic N) is 2. The van der Waals surface area contributed by atoms with Crippen molar-refractivity contribution >= 4 is 24.3 Å². The van der Waals surface area contributed by atoms with Gasteiger partial charge in [-0.15, -0.1) is 0 Å². The molecule has 3 rings (SSSR count). The molecule has 0 heterocycles. The Balaban J connectivity index is 0.00000156. The molecule has 1 aliphatic rings. The molecule has 2 aromatic rings. The lowest BCUT2D eigenvalue weighted by Crippen LogP contribution is -2.46. The molecule has 0 spiro atoms. The molecule has 0 bridgehead atoms. The van der Waals surface area contributed by atoms with Crippen LogP contribution in [-0.2, 0) is 12.4 Å². The lowest BCUT2D eigenvalue weighted by molar-refractivity contribution is -0.143. The molecule has 2 unspecified atom stereocenters. The molecule has 2 atom stereocenters. The first-order valence-corrected chi connectivity index (χ1v) is 13.9. The predicted molar refractivity (Wildman–Crippen MR) is 152 cm³/mol. The number of hydrogen-bond donors (Lipinski definition) is 2. The summed E-state index contributed by atoms with van der Waals surface area (Å²) in [4.78, 5) is 29.6. The molecule has 0 saturated heterocycles. The summed E-state index contributed by atoms with van der Waals surface area (Å²) < 4.78 is 119. The van der Waals surface area contributed by atoms with E-state index in [1.807, 2.05) is 0 Å². The Labute approximate surface area is 250 Å². The van der Waals surface area contributed by atoms with Crippen LogP contribution in [0, 0.1) is 0 Å². The van der Waals surface area contributed by atoms with E-state index >= 15 is 0 Å². The second kappa shape index (κ2) is 13.3. The highest BCUT2D eigenvalue weighted by Crippen LogP contribution is 2.42. The molecule has 44 heavy (non-hydrogen) atoms. The van der Waals surface area contributed by atoms with Crippen molar-refractivity contribution in [1.29, 1.82) is 0 Å². The molecule has 0 radical (unpaired) electrons. The highest BCUT2D eigenvalue weighted by molar-refractivity contribution is 6.50. The molecule has 2 aromatic carbocycles. The number of rotatable bonds is 10. The average molecular weight is 650 g/mol. The van der Waals surface area contributed by atoms with Gasteiger partial charge in [0.05, 0.1) is 17.2 Å². The molecule has 0 aromatic heterocycles. The first-order valence-electron chi connectivity index (χ1n) is 13.9. The van der Waals surface area contributed by atoms with Gasteiger partial charge in [0.2, 0.25) is 0 Å². The first kappa shape index (κ1) is 37.4. The van der Waals surface area contributed by atoms with Gasteiger partial charge in [-0.3, -0.25) is 19.4 Å². The summed E-state index contributed by atoms with van der Waals surface area (Å²) in [5.41, 5.74) is -6.00. The van der Waals surface area contributed by atoms with Gasteiger partial charge in [-0.25, -0.2) is 0 Å². The van der Waals surface area contributed by atoms with E-state index in [4.69, 9.17) is 0 Å². The molecule has 0 aliphatic heterocycles. The Kier molecular flexibility index (Phi) is 11.3. The van der Waals surface area contributed by atoms with Crippen LogP contribution < -0.4 is 21.5 Å². The van der Waals surface area contributed by atoms with Crippen LogP contribution in [-0.4, -0.2) is 59.3 Å². The van der Waals surface area contributed by atoms with Crippen molar-refractivity contribution in [3.05, 3.63) is 49.8 Å². The van der Waals surface area contributed by atoms with E-state index in [0.29, 0.717) is 12.1 Å². The fourth-order valence-electron chi connectivity index (χ4n) is 5.73. The fraction of sp³-hybridized carbons (Fsp3) is 0.630. The first-order chi connectivity index (χ1) is 19.8. The molecule has 1 fully saturated rings. The van der Waals surface area contributed by atoms with Gasteiger partial charge < -0.3 is 27.9 Å². The van der Waals surface area contributed by atoms with Crippen molar-refractivity contribution in [3.8, 4) is 0 Å². The van der Waals surface area contributed by atoms with Crippen LogP contribution in [0.1, 0.15) is 67.9 Å². The maximum atomic E-state index is 13.3. The number of halogens is 10. The van der Waals surface area contributed by atoms with Crippen molar-refractivity contribution in [3.63, 3.8) is 0 Å². The van der Waals surface area contributed by atoms with Gasteiger partial charge in [-0.1, -0.05) is 0 Å². The van der Waals surface area contributed by atoms with Gasteiger partial charge in [0.1, 0.15) is 11.4 Å². The molecule has 2 N–H and O–H groups in total. The zero-order chi connectivity index (χ0) is 34.3. The number of benzene rings is 1. The number of anilines is 3. The maximum absolute atomic E-state index is 13.3. The molecule has 250 valence electrons. The van der Waals surface area contributed by atoms with Gasteiger partial charge in [0, 0.05) is 41.9 Å². The Morgan fingerprint density at radius 2 is 0.977 bits per heavy atom. The molecular formula is C27H37BF10N4O2. The van der Waals surface area contributed by atoms with Crippen LogP contribution in [0.3, 0.4) is 0 Å². The highest BCUT2D eigenvalue weighted by Gasteiger charge is 2.59. The minimum Gasteiger partial charge on any atom is -0.418 e. The van der Waals surface area contributed by atoms with Crippen molar-refractivity contribution in [1.82, 2.24) is 9.80 Å². The summed E-state index contributed by atoms with van der Waals surface area (Å²) in [7, 11) is -6.00. The lowest BCUT2D eigenvalue weighted by Gasteiger charge is -2.35. The largest absolute Gasteiger partial charge is 1.00 e. The zero-order valence-corrected chi connectivity index (χ0v) is 25.3. The molecule has 6 nitrogen and oxygen atoms in total. The summed E-state index contributed by atoms with van der Waals surface area (Å²) in [6, 6.07) is 1.20. The molecule has 0 amide bonds. The van der Waals surface area contributed by atoms with Crippen LogP contribution in [0.15, 0.2) is 27.8 Å². The fourth-order valence-corrected chi connectivity index (χ4v) is 5.73. The molecule has 17 heteroatoms. The van der Waals surface area contributed by atoms with Gasteiger partial charge >= 0.3 is 21.0 Å². The Morgan fingerprint density at radius 1 is 0.659 bits per heavy atom. The van der Waals surface area contributed by atoms with Gasteiger partial charge in [0.15, 0.2) is 0 Å². The normalized spacial score (nSPS) is 19.4. The van der Waals surface area contributed by atoms with Crippen molar-refractivity contribution < 1.29 is 45.0 Å². The Morgan fingerprint density at radius 3 is 1.27 bits per heavy atom. The average Bonchev–Trinajstić information content (AvgIpc) is 3.49. The number of alkyl halides is 6. The van der Waals surface area contributed by atoms with E-state index in [0.717, 1.165) is 0 Å². The van der Waals surface area contributed by atoms with Crippen LogP contribution in [0.5, 0.6) is 0 Å². The van der Waals surface area contributed by atoms with Crippen LogP contribution in [0.25, 0.3) is 0 Å². The summed E-state index contributed by atoms with van der Waals surface area (Å²) in [6.45, 7) is 16.4. The smallest absolute Gasteiger partial charge is 0.418 e. The quantitative estimate of drug-likeness (QED) is 0.161. The van der Waals surface area contributed by atoms with E-state index in [1.54, 1.807) is 0 Å². The minimum absolute atomic E-state index is 0. The van der Waals surface area contributed by atoms with Crippen LogP contribution in [0.2, 0.25) is 0 Å². The van der Waals surface area contributed by atoms with Gasteiger partial charge in [0.25, 0.3) is 10.9 Å². The monoisotopic (exact) mass is 650 g/mol. The van der Waals surface area contributed by atoms with Crippen LogP contribution in [0.4, 0.5) is 60.7 Å². The molecule has 1 saturated carbocycles. The number of hydrogen-bond acceptors (Lipinski definition) is 6. The summed E-state index contributed by atoms with van der Waals surface area (Å²) in [6.07, 6.45) is -10.1. The predicted octanol–water partition coefficient (Wildman–Crippen LogP) is 7.25. The topological polar surface area (TPSA) is 64.7 Å². The number of nitrogens with one attached hydrogen (secondary N) is 2. The second-order valence-electron chi connectivity index (χ2n) is 11.7. The molecular weight excluding hydrogens is 613 g/mol. The third kappa shape index (κ3) is 9.11. The van der Waals surface area contributed by atoms with E-state index in [9.17, 15) is 53.2 Å². The summed E-state index contributed by atoms with van der Waals surface area (Å²) in [5.74, 6) is 0. The van der Waals surface area contributed by atoms with Crippen LogP contribution >= 0.6 is 0 Å².